The van der Waals surface area contributed by atoms with Crippen molar-refractivity contribution in [2.45, 2.75) is 24.8 Å². The third-order valence-corrected chi connectivity index (χ3v) is 4.60. The van der Waals surface area contributed by atoms with E-state index in [0.717, 1.165) is 36.3 Å². The second-order valence-electron chi connectivity index (χ2n) is 6.23. The maximum atomic E-state index is 6.24. The highest BCUT2D eigenvalue weighted by Crippen LogP contribution is 2.37. The van der Waals surface area contributed by atoms with Crippen molar-refractivity contribution in [3.8, 4) is 11.5 Å². The standard InChI is InChI=1S/C18H19N5O/c1-23(14-6-3-2-4-7-14)15-9-8-13(12-20-15)16-21-17(22-24-16)18(19)10-5-11-18/h2-4,6-9,12H,5,10-11,19H2,1H3. The first kappa shape index (κ1) is 14.8. The Kier molecular flexibility index (Phi) is 3.54. The van der Waals surface area contributed by atoms with Gasteiger partial charge in [-0.3, -0.25) is 0 Å². The van der Waals surface area contributed by atoms with Crippen LogP contribution < -0.4 is 10.6 Å². The molecule has 1 saturated carbocycles. The third-order valence-electron chi connectivity index (χ3n) is 4.60. The predicted octanol–water partition coefficient (Wildman–Crippen LogP) is 3.24. The highest BCUT2D eigenvalue weighted by Gasteiger charge is 2.39. The average Bonchev–Trinajstić information content (AvgIpc) is 3.10. The van der Waals surface area contributed by atoms with E-state index in [0.29, 0.717) is 11.7 Å². The van der Waals surface area contributed by atoms with Crippen LogP contribution in [0.5, 0.6) is 0 Å². The first-order valence-corrected chi connectivity index (χ1v) is 8.04. The Morgan fingerprint density at radius 3 is 2.54 bits per heavy atom. The Morgan fingerprint density at radius 2 is 1.92 bits per heavy atom. The molecule has 1 fully saturated rings. The zero-order valence-corrected chi connectivity index (χ0v) is 13.5. The molecule has 0 amide bonds. The molecular weight excluding hydrogens is 302 g/mol. The summed E-state index contributed by atoms with van der Waals surface area (Å²) < 4.78 is 5.36. The summed E-state index contributed by atoms with van der Waals surface area (Å²) in [6.45, 7) is 0. The van der Waals surface area contributed by atoms with E-state index in [1.54, 1.807) is 6.20 Å². The van der Waals surface area contributed by atoms with Crippen molar-refractivity contribution in [1.82, 2.24) is 15.1 Å². The summed E-state index contributed by atoms with van der Waals surface area (Å²) in [6, 6.07) is 14.0. The largest absolute Gasteiger partial charge is 0.334 e. The molecule has 0 radical (unpaired) electrons. The Labute approximate surface area is 140 Å². The Hall–Kier alpha value is -2.73. The fourth-order valence-electron chi connectivity index (χ4n) is 2.82. The van der Waals surface area contributed by atoms with Gasteiger partial charge in [-0.15, -0.1) is 0 Å². The van der Waals surface area contributed by atoms with E-state index in [2.05, 4.69) is 15.1 Å². The molecule has 6 nitrogen and oxygen atoms in total. The number of hydrogen-bond acceptors (Lipinski definition) is 6. The highest BCUT2D eigenvalue weighted by molar-refractivity contribution is 5.61. The minimum Gasteiger partial charge on any atom is -0.334 e. The van der Waals surface area contributed by atoms with Crippen LogP contribution in [0, 0.1) is 0 Å². The molecule has 0 saturated heterocycles. The fraction of sp³-hybridized carbons (Fsp3) is 0.278. The zero-order valence-electron chi connectivity index (χ0n) is 13.5. The number of benzene rings is 1. The van der Waals surface area contributed by atoms with Crippen LogP contribution in [0.4, 0.5) is 11.5 Å². The predicted molar refractivity (Wildman–Crippen MR) is 91.8 cm³/mol. The van der Waals surface area contributed by atoms with Gasteiger partial charge >= 0.3 is 0 Å². The molecule has 3 aromatic rings. The summed E-state index contributed by atoms with van der Waals surface area (Å²) in [6.07, 6.45) is 4.68. The van der Waals surface area contributed by atoms with Crippen LogP contribution in [-0.4, -0.2) is 22.2 Å². The zero-order chi connectivity index (χ0) is 16.6. The Bertz CT molecular complexity index is 824. The number of nitrogens with two attached hydrogens (primary N) is 1. The lowest BCUT2D eigenvalue weighted by atomic mass is 9.77. The monoisotopic (exact) mass is 321 g/mol. The lowest BCUT2D eigenvalue weighted by Crippen LogP contribution is -2.44. The topological polar surface area (TPSA) is 81.1 Å². The van der Waals surface area contributed by atoms with Crippen molar-refractivity contribution in [3.05, 3.63) is 54.5 Å². The van der Waals surface area contributed by atoms with Gasteiger partial charge in [0.1, 0.15) is 5.82 Å². The maximum Gasteiger partial charge on any atom is 0.259 e. The van der Waals surface area contributed by atoms with Gasteiger partial charge in [0.15, 0.2) is 5.82 Å². The first-order chi connectivity index (χ1) is 11.7. The molecule has 1 aromatic carbocycles. The number of pyridine rings is 1. The summed E-state index contributed by atoms with van der Waals surface area (Å²) in [5.74, 6) is 1.90. The van der Waals surface area contributed by atoms with Crippen molar-refractivity contribution >= 4 is 11.5 Å². The number of aromatic nitrogens is 3. The molecule has 0 atom stereocenters. The molecule has 4 rings (SSSR count). The lowest BCUT2D eigenvalue weighted by Gasteiger charge is -2.34. The summed E-state index contributed by atoms with van der Waals surface area (Å²) in [5.41, 5.74) is 7.69. The second-order valence-corrected chi connectivity index (χ2v) is 6.23. The van der Waals surface area contributed by atoms with E-state index < -0.39 is 5.54 Å². The summed E-state index contributed by atoms with van der Waals surface area (Å²) in [5, 5.41) is 4.04. The minimum absolute atomic E-state index is 0.414. The van der Waals surface area contributed by atoms with E-state index in [1.165, 1.54) is 0 Å². The highest BCUT2D eigenvalue weighted by atomic mass is 16.5. The van der Waals surface area contributed by atoms with Crippen LogP contribution in [0.15, 0.2) is 53.2 Å². The number of para-hydroxylation sites is 1. The molecule has 122 valence electrons. The van der Waals surface area contributed by atoms with E-state index in [4.69, 9.17) is 10.3 Å². The smallest absolute Gasteiger partial charge is 0.259 e. The molecule has 24 heavy (non-hydrogen) atoms. The van der Waals surface area contributed by atoms with Gasteiger partial charge in [-0.05, 0) is 43.5 Å². The number of rotatable bonds is 4. The van der Waals surface area contributed by atoms with E-state index in [-0.39, 0.29) is 0 Å². The van der Waals surface area contributed by atoms with Crippen molar-refractivity contribution in [3.63, 3.8) is 0 Å². The Balaban J connectivity index is 1.56. The molecule has 0 bridgehead atoms. The maximum absolute atomic E-state index is 6.24. The molecular formula is C18H19N5O. The van der Waals surface area contributed by atoms with Crippen molar-refractivity contribution in [1.29, 1.82) is 0 Å². The van der Waals surface area contributed by atoms with Gasteiger partial charge in [0, 0.05) is 18.9 Å². The number of nitrogens with zero attached hydrogens (tertiary/aromatic N) is 4. The van der Waals surface area contributed by atoms with E-state index >= 15 is 0 Å². The molecule has 0 unspecified atom stereocenters. The second kappa shape index (κ2) is 5.72. The molecule has 1 aliphatic rings. The molecule has 0 spiro atoms. The minimum atomic E-state index is -0.414. The average molecular weight is 321 g/mol. The normalized spacial score (nSPS) is 15.8. The summed E-state index contributed by atoms with van der Waals surface area (Å²) in [7, 11) is 1.98. The molecule has 2 heterocycles. The molecule has 0 aliphatic heterocycles. The van der Waals surface area contributed by atoms with Gasteiger partial charge in [-0.25, -0.2) is 4.98 Å². The van der Waals surface area contributed by atoms with Crippen molar-refractivity contribution < 1.29 is 4.52 Å². The van der Waals surface area contributed by atoms with Crippen LogP contribution >= 0.6 is 0 Å². The lowest BCUT2D eigenvalue weighted by molar-refractivity contribution is 0.229. The summed E-state index contributed by atoms with van der Waals surface area (Å²) >= 11 is 0. The molecule has 2 N–H and O–H groups in total. The Morgan fingerprint density at radius 1 is 1.12 bits per heavy atom. The van der Waals surface area contributed by atoms with Gasteiger partial charge < -0.3 is 15.2 Å². The molecule has 2 aromatic heterocycles. The van der Waals surface area contributed by atoms with Gasteiger partial charge in [-0.2, -0.15) is 4.98 Å². The van der Waals surface area contributed by atoms with Crippen LogP contribution in [0.2, 0.25) is 0 Å². The number of hydrogen-bond donors (Lipinski definition) is 1. The summed E-state index contributed by atoms with van der Waals surface area (Å²) in [4.78, 5) is 11.0. The van der Waals surface area contributed by atoms with E-state index in [1.807, 2.05) is 54.4 Å². The van der Waals surface area contributed by atoms with Gasteiger partial charge in [0.05, 0.1) is 11.1 Å². The van der Waals surface area contributed by atoms with Crippen molar-refractivity contribution in [2.75, 3.05) is 11.9 Å². The van der Waals surface area contributed by atoms with E-state index in [9.17, 15) is 0 Å². The van der Waals surface area contributed by atoms with Gasteiger partial charge in [-0.1, -0.05) is 23.4 Å². The van der Waals surface area contributed by atoms with Crippen LogP contribution in [0.25, 0.3) is 11.5 Å². The quantitative estimate of drug-likeness (QED) is 0.794. The van der Waals surface area contributed by atoms with Crippen LogP contribution in [0.3, 0.4) is 0 Å². The first-order valence-electron chi connectivity index (χ1n) is 8.04. The fourth-order valence-corrected chi connectivity index (χ4v) is 2.82. The van der Waals surface area contributed by atoms with Crippen LogP contribution in [-0.2, 0) is 5.54 Å². The number of anilines is 2. The molecule has 6 heteroatoms. The van der Waals surface area contributed by atoms with Gasteiger partial charge in [0.2, 0.25) is 0 Å². The third kappa shape index (κ3) is 2.55. The van der Waals surface area contributed by atoms with Crippen molar-refractivity contribution in [2.24, 2.45) is 5.73 Å². The van der Waals surface area contributed by atoms with Crippen LogP contribution in [0.1, 0.15) is 25.1 Å². The van der Waals surface area contributed by atoms with Gasteiger partial charge in [0.25, 0.3) is 5.89 Å². The SMILES string of the molecule is CN(c1ccccc1)c1ccc(-c2nc(C3(N)CCC3)no2)cn1. The molecule has 1 aliphatic carbocycles.